The Hall–Kier alpha value is -0.0800. The van der Waals surface area contributed by atoms with Gasteiger partial charge in [0, 0.05) is 18.6 Å². The predicted molar refractivity (Wildman–Crippen MR) is 78.5 cm³/mol. The van der Waals surface area contributed by atoms with E-state index in [1.165, 1.54) is 38.6 Å². The Kier molecular flexibility index (Phi) is 4.38. The van der Waals surface area contributed by atoms with Crippen molar-refractivity contribution < 1.29 is 0 Å². The van der Waals surface area contributed by atoms with Crippen molar-refractivity contribution in [1.82, 2.24) is 4.90 Å². The average molecular weight is 252 g/mol. The molecule has 18 heavy (non-hydrogen) atoms. The topological polar surface area (TPSA) is 29.3 Å². The van der Waals surface area contributed by atoms with E-state index in [1.54, 1.807) is 0 Å². The Morgan fingerprint density at radius 1 is 1.11 bits per heavy atom. The van der Waals surface area contributed by atoms with Crippen LogP contribution in [0, 0.1) is 17.3 Å². The predicted octanol–water partition coefficient (Wildman–Crippen LogP) is 3.26. The molecule has 106 valence electrons. The largest absolute Gasteiger partial charge is 0.330 e. The van der Waals surface area contributed by atoms with Crippen LogP contribution in [0.15, 0.2) is 0 Å². The molecule has 0 spiro atoms. The summed E-state index contributed by atoms with van der Waals surface area (Å²) in [6.07, 6.45) is 6.97. The summed E-state index contributed by atoms with van der Waals surface area (Å²) in [5, 5.41) is 0. The Bertz CT molecular complexity index is 261. The lowest BCUT2D eigenvalue weighted by atomic mass is 9.71. The van der Waals surface area contributed by atoms with Crippen LogP contribution in [-0.2, 0) is 0 Å². The minimum absolute atomic E-state index is 0.501. The summed E-state index contributed by atoms with van der Waals surface area (Å²) in [4.78, 5) is 2.76. The zero-order chi connectivity index (χ0) is 13.3. The third-order valence-corrected chi connectivity index (χ3v) is 5.43. The first-order valence-corrected chi connectivity index (χ1v) is 7.87. The van der Waals surface area contributed by atoms with Gasteiger partial charge in [0.05, 0.1) is 0 Å². The molecule has 1 aliphatic heterocycles. The zero-order valence-electron chi connectivity index (χ0n) is 12.8. The van der Waals surface area contributed by atoms with Crippen molar-refractivity contribution in [2.24, 2.45) is 23.0 Å². The van der Waals surface area contributed by atoms with Gasteiger partial charge in [-0.1, -0.05) is 20.8 Å². The van der Waals surface area contributed by atoms with Crippen molar-refractivity contribution in [2.75, 3.05) is 13.1 Å². The van der Waals surface area contributed by atoms with Gasteiger partial charge in [-0.15, -0.1) is 0 Å². The van der Waals surface area contributed by atoms with E-state index in [0.29, 0.717) is 5.41 Å². The van der Waals surface area contributed by atoms with Gasteiger partial charge < -0.3 is 5.73 Å². The number of hydrogen-bond donors (Lipinski definition) is 1. The summed E-state index contributed by atoms with van der Waals surface area (Å²) >= 11 is 0. The van der Waals surface area contributed by atoms with E-state index in [2.05, 4.69) is 32.6 Å². The molecule has 0 radical (unpaired) electrons. The molecule has 2 N–H and O–H groups in total. The van der Waals surface area contributed by atoms with Gasteiger partial charge in [0.25, 0.3) is 0 Å². The van der Waals surface area contributed by atoms with E-state index in [4.69, 9.17) is 5.73 Å². The number of nitrogens with two attached hydrogens (primary N) is 1. The first-order chi connectivity index (χ1) is 8.41. The SMILES string of the molecule is CC1CC(CN)CN1C1CCC(C(C)(C)C)CC1. The smallest absolute Gasteiger partial charge is 0.00984 e. The third kappa shape index (κ3) is 3.08. The van der Waals surface area contributed by atoms with Gasteiger partial charge in [-0.2, -0.15) is 0 Å². The fraction of sp³-hybridized carbons (Fsp3) is 1.00. The van der Waals surface area contributed by atoms with Gasteiger partial charge in [0.1, 0.15) is 0 Å². The van der Waals surface area contributed by atoms with Crippen LogP contribution in [0.5, 0.6) is 0 Å². The van der Waals surface area contributed by atoms with E-state index in [0.717, 1.165) is 30.5 Å². The van der Waals surface area contributed by atoms with E-state index in [9.17, 15) is 0 Å². The summed E-state index contributed by atoms with van der Waals surface area (Å²) in [7, 11) is 0. The molecule has 1 saturated carbocycles. The van der Waals surface area contributed by atoms with Crippen LogP contribution < -0.4 is 5.73 Å². The minimum Gasteiger partial charge on any atom is -0.330 e. The van der Waals surface area contributed by atoms with Crippen molar-refractivity contribution in [3.8, 4) is 0 Å². The highest BCUT2D eigenvalue weighted by Gasteiger charge is 2.37. The monoisotopic (exact) mass is 252 g/mol. The van der Waals surface area contributed by atoms with Crippen LogP contribution in [0.2, 0.25) is 0 Å². The highest BCUT2D eigenvalue weighted by atomic mass is 15.2. The van der Waals surface area contributed by atoms with Crippen LogP contribution in [-0.4, -0.2) is 30.1 Å². The van der Waals surface area contributed by atoms with Gasteiger partial charge in [0.2, 0.25) is 0 Å². The summed E-state index contributed by atoms with van der Waals surface area (Å²) in [6, 6.07) is 1.60. The van der Waals surface area contributed by atoms with Crippen molar-refractivity contribution >= 4 is 0 Å². The molecule has 2 nitrogen and oxygen atoms in total. The molecule has 0 aromatic rings. The summed E-state index contributed by atoms with van der Waals surface area (Å²) in [5.41, 5.74) is 6.34. The molecule has 0 aromatic heterocycles. The van der Waals surface area contributed by atoms with Crippen LogP contribution in [0.1, 0.15) is 59.8 Å². The summed E-state index contributed by atoms with van der Waals surface area (Å²) in [6.45, 7) is 11.7. The Labute approximate surface area is 113 Å². The second-order valence-electron chi connectivity index (χ2n) is 7.75. The molecule has 2 rings (SSSR count). The molecular formula is C16H32N2. The zero-order valence-corrected chi connectivity index (χ0v) is 12.8. The Morgan fingerprint density at radius 2 is 1.72 bits per heavy atom. The maximum atomic E-state index is 5.84. The molecule has 2 atom stereocenters. The normalized spacial score (nSPS) is 39.2. The quantitative estimate of drug-likeness (QED) is 0.817. The summed E-state index contributed by atoms with van der Waals surface area (Å²) < 4.78 is 0. The highest BCUT2D eigenvalue weighted by molar-refractivity contribution is 4.91. The van der Waals surface area contributed by atoms with E-state index < -0.39 is 0 Å². The van der Waals surface area contributed by atoms with Crippen molar-refractivity contribution in [3.63, 3.8) is 0 Å². The number of rotatable bonds is 2. The maximum Gasteiger partial charge on any atom is 0.00984 e. The lowest BCUT2D eigenvalue weighted by Crippen LogP contribution is -2.42. The molecule has 1 heterocycles. The molecule has 0 amide bonds. The molecule has 2 heteroatoms. The second kappa shape index (κ2) is 5.50. The molecule has 2 fully saturated rings. The van der Waals surface area contributed by atoms with Crippen LogP contribution >= 0.6 is 0 Å². The molecular weight excluding hydrogens is 220 g/mol. The van der Waals surface area contributed by atoms with Crippen LogP contribution in [0.25, 0.3) is 0 Å². The van der Waals surface area contributed by atoms with Crippen LogP contribution in [0.4, 0.5) is 0 Å². The molecule has 0 aromatic carbocycles. The van der Waals surface area contributed by atoms with Gasteiger partial charge in [-0.25, -0.2) is 0 Å². The van der Waals surface area contributed by atoms with Gasteiger partial charge >= 0.3 is 0 Å². The van der Waals surface area contributed by atoms with Gasteiger partial charge in [-0.3, -0.25) is 4.90 Å². The highest BCUT2D eigenvalue weighted by Crippen LogP contribution is 2.40. The number of hydrogen-bond acceptors (Lipinski definition) is 2. The lowest BCUT2D eigenvalue weighted by Gasteiger charge is -2.41. The average Bonchev–Trinajstić information content (AvgIpc) is 2.70. The van der Waals surface area contributed by atoms with E-state index in [1.807, 2.05) is 0 Å². The Balaban J connectivity index is 1.87. The fourth-order valence-electron chi connectivity index (χ4n) is 4.12. The Morgan fingerprint density at radius 3 is 2.17 bits per heavy atom. The van der Waals surface area contributed by atoms with E-state index >= 15 is 0 Å². The second-order valence-corrected chi connectivity index (χ2v) is 7.75. The first kappa shape index (κ1) is 14.3. The number of likely N-dealkylation sites (tertiary alicyclic amines) is 1. The molecule has 2 aliphatic rings. The number of nitrogens with zero attached hydrogens (tertiary/aromatic N) is 1. The minimum atomic E-state index is 0.501. The fourth-order valence-corrected chi connectivity index (χ4v) is 4.12. The standard InChI is InChI=1S/C16H32N2/c1-12-9-13(10-17)11-18(12)15-7-5-14(6-8-15)16(2,3)4/h12-15H,5-11,17H2,1-4H3. The summed E-state index contributed by atoms with van der Waals surface area (Å²) in [5.74, 6) is 1.68. The van der Waals surface area contributed by atoms with Crippen molar-refractivity contribution in [2.45, 2.75) is 71.9 Å². The first-order valence-electron chi connectivity index (χ1n) is 7.87. The molecule has 0 bridgehead atoms. The van der Waals surface area contributed by atoms with E-state index in [-0.39, 0.29) is 0 Å². The van der Waals surface area contributed by atoms with Crippen molar-refractivity contribution in [1.29, 1.82) is 0 Å². The lowest BCUT2D eigenvalue weighted by molar-refractivity contribution is 0.0905. The van der Waals surface area contributed by atoms with Gasteiger partial charge in [-0.05, 0) is 62.8 Å². The molecule has 1 saturated heterocycles. The third-order valence-electron chi connectivity index (χ3n) is 5.43. The molecule has 2 unspecified atom stereocenters. The van der Waals surface area contributed by atoms with Gasteiger partial charge in [0.15, 0.2) is 0 Å². The molecule has 1 aliphatic carbocycles. The van der Waals surface area contributed by atoms with Crippen LogP contribution in [0.3, 0.4) is 0 Å². The van der Waals surface area contributed by atoms with Crippen molar-refractivity contribution in [3.05, 3.63) is 0 Å². The maximum absolute atomic E-state index is 5.84.